The predicted molar refractivity (Wildman–Crippen MR) is 234 cm³/mol. The van der Waals surface area contributed by atoms with Crippen LogP contribution in [0.25, 0.3) is 0 Å². The van der Waals surface area contributed by atoms with E-state index in [1.807, 2.05) is 24.3 Å². The zero-order valence-corrected chi connectivity index (χ0v) is 35.0. The fourth-order valence-electron chi connectivity index (χ4n) is 7.61. The maximum Gasteiger partial charge on any atom is 0.291 e. The zero-order valence-electron chi connectivity index (χ0n) is 35.0. The molecule has 19 heteroatoms. The minimum Gasteiger partial charge on any atom is -0.493 e. The lowest BCUT2D eigenvalue weighted by Gasteiger charge is -2.22. The van der Waals surface area contributed by atoms with E-state index in [9.17, 15) is 28.8 Å². The van der Waals surface area contributed by atoms with Crippen molar-refractivity contribution in [3.05, 3.63) is 113 Å². The minimum atomic E-state index is -0.585. The Morgan fingerprint density at radius 2 is 1.44 bits per heavy atom. The summed E-state index contributed by atoms with van der Waals surface area (Å²) in [5.74, 6) is -1.15. The molecule has 0 saturated carbocycles. The third kappa shape index (κ3) is 8.43. The second-order valence-electron chi connectivity index (χ2n) is 15.1. The van der Waals surface area contributed by atoms with Gasteiger partial charge in [0.2, 0.25) is 11.7 Å². The smallest absolute Gasteiger partial charge is 0.291 e. The van der Waals surface area contributed by atoms with Crippen LogP contribution < -0.4 is 35.6 Å². The van der Waals surface area contributed by atoms with Gasteiger partial charge in [-0.2, -0.15) is 0 Å². The topological polar surface area (TPSA) is 217 Å². The molecule has 8 rings (SSSR count). The highest BCUT2D eigenvalue weighted by atomic mass is 16.5. The fourth-order valence-corrected chi connectivity index (χ4v) is 7.61. The first kappa shape index (κ1) is 41.5. The van der Waals surface area contributed by atoms with Crippen molar-refractivity contribution in [2.45, 2.75) is 25.3 Å². The Morgan fingerprint density at radius 1 is 0.778 bits per heavy atom. The Kier molecular flexibility index (Phi) is 11.2. The van der Waals surface area contributed by atoms with E-state index in [0.717, 1.165) is 11.3 Å². The highest BCUT2D eigenvalue weighted by Gasteiger charge is 2.36. The second kappa shape index (κ2) is 17.0. The fraction of sp³-hybridized carbons (Fsp3) is 0.227. The average molecular weight is 854 g/mol. The largest absolute Gasteiger partial charge is 0.493 e. The lowest BCUT2D eigenvalue weighted by molar-refractivity contribution is -0.116. The van der Waals surface area contributed by atoms with Crippen molar-refractivity contribution < 1.29 is 38.2 Å². The number of aryl methyl sites for hydroxylation is 4. The first-order chi connectivity index (χ1) is 30.3. The number of aliphatic imine (C=N–C) groups is 1. The van der Waals surface area contributed by atoms with Crippen molar-refractivity contribution in [2.75, 3.05) is 39.9 Å². The number of amides is 5. The first-order valence-electron chi connectivity index (χ1n) is 19.8. The monoisotopic (exact) mass is 853 g/mol. The summed E-state index contributed by atoms with van der Waals surface area (Å²) in [5, 5.41) is 11.0. The number of nitrogens with zero attached hydrogens (tertiary/aromatic N) is 7. The summed E-state index contributed by atoms with van der Waals surface area (Å²) in [6.07, 6.45) is 9.88. The molecule has 4 aromatic heterocycles. The van der Waals surface area contributed by atoms with E-state index in [-0.39, 0.29) is 53.9 Å². The maximum absolute atomic E-state index is 13.7. The Labute approximate surface area is 360 Å². The van der Waals surface area contributed by atoms with Crippen LogP contribution in [0.3, 0.4) is 0 Å². The van der Waals surface area contributed by atoms with Gasteiger partial charge < -0.3 is 49.0 Å². The molecule has 0 bridgehead atoms. The molecule has 2 aromatic carbocycles. The van der Waals surface area contributed by atoms with E-state index < -0.39 is 17.7 Å². The Hall–Kier alpha value is -8.22. The molecule has 2 aliphatic heterocycles. The van der Waals surface area contributed by atoms with E-state index in [1.54, 1.807) is 89.8 Å². The minimum absolute atomic E-state index is 0.00875. The number of hydrogen-bond donors (Lipinski definition) is 4. The number of para-hydroxylation sites is 1. The quantitative estimate of drug-likeness (QED) is 0.0846. The van der Waals surface area contributed by atoms with Crippen LogP contribution in [0.15, 0.2) is 84.4 Å². The number of carbonyl (C=O) groups is 6. The molecule has 0 fully saturated rings. The molecule has 6 aromatic rings. The normalized spacial score (nSPS) is 13.7. The summed E-state index contributed by atoms with van der Waals surface area (Å²) < 4.78 is 17.7. The number of aldehydes is 1. The van der Waals surface area contributed by atoms with Gasteiger partial charge >= 0.3 is 0 Å². The van der Waals surface area contributed by atoms with Crippen molar-refractivity contribution >= 4 is 76.3 Å². The molecule has 19 nitrogen and oxygen atoms in total. The SMILES string of the molecule is COc1cc2c(cc1OCCCC(=O)Nc1cc(C(=O)Nc3cn(C)c(C(=O)Nc4cc(C(=O)Nc5cc(C=O)n(C)c5)n(C)c4)n3)n(C)c1)N=C[C@@H]1Cc3ccccc3N1C2=O. The number of benzene rings is 2. The van der Waals surface area contributed by atoms with Crippen LogP contribution in [-0.2, 0) is 39.4 Å². The number of nitrogens with one attached hydrogen (secondary N) is 4. The van der Waals surface area contributed by atoms with Crippen LogP contribution in [0.2, 0.25) is 0 Å². The van der Waals surface area contributed by atoms with E-state index in [4.69, 9.17) is 9.47 Å². The summed E-state index contributed by atoms with van der Waals surface area (Å²) in [4.78, 5) is 87.9. The van der Waals surface area contributed by atoms with Gasteiger partial charge in [0.15, 0.2) is 23.6 Å². The predicted octanol–water partition coefficient (Wildman–Crippen LogP) is 5.10. The molecular formula is C44H43N11O8. The molecule has 1 atom stereocenters. The molecule has 0 unspecified atom stereocenters. The van der Waals surface area contributed by atoms with Crippen molar-refractivity contribution in [3.8, 4) is 11.5 Å². The lowest BCUT2D eigenvalue weighted by Crippen LogP contribution is -2.37. The lowest BCUT2D eigenvalue weighted by atomic mass is 10.1. The number of hydrogen-bond acceptors (Lipinski definition) is 10. The average Bonchev–Trinajstić information content (AvgIpc) is 4.07. The molecule has 0 aliphatic carbocycles. The van der Waals surface area contributed by atoms with Gasteiger partial charge in [0, 0.05) is 83.8 Å². The summed E-state index contributed by atoms with van der Waals surface area (Å²) in [5.41, 5.74) is 4.89. The number of rotatable bonds is 14. The first-order valence-corrected chi connectivity index (χ1v) is 19.8. The Balaban J connectivity index is 0.824. The summed E-state index contributed by atoms with van der Waals surface area (Å²) in [7, 11) is 8.08. The van der Waals surface area contributed by atoms with Crippen molar-refractivity contribution in [1.82, 2.24) is 23.3 Å². The summed E-state index contributed by atoms with van der Waals surface area (Å²) in [6.45, 7) is 0.179. The Morgan fingerprint density at radius 3 is 2.16 bits per heavy atom. The van der Waals surface area contributed by atoms with Gasteiger partial charge in [-0.3, -0.25) is 38.7 Å². The van der Waals surface area contributed by atoms with Crippen molar-refractivity contribution in [3.63, 3.8) is 0 Å². The standard InChI is InChI=1S/C44H43N11O8/c1-51-20-26(14-30(51)24-56)47-41(58)34-16-28(22-53(34)3)48-43(60)40-49-38(23-54(40)4)50-42(59)35-15-27(21-52(35)2)46-39(57)11-8-12-63-37-18-32-31(17-36(37)62-5)44(61)55-29(19-45-32)13-25-9-6-7-10-33(25)55/h6-7,9-10,14-24,29H,8,11-13H2,1-5H3,(H,46,57)(H,47,58)(H,48,60)(H,50,59)/t29-/m0/s1. The van der Waals surface area contributed by atoms with Crippen LogP contribution >= 0.6 is 0 Å². The molecule has 0 radical (unpaired) electrons. The van der Waals surface area contributed by atoms with E-state index in [2.05, 4.69) is 31.2 Å². The van der Waals surface area contributed by atoms with Crippen molar-refractivity contribution in [2.24, 2.45) is 33.2 Å². The highest BCUT2D eigenvalue weighted by Crippen LogP contribution is 2.41. The van der Waals surface area contributed by atoms with Gasteiger partial charge in [-0.25, -0.2) is 4.98 Å². The van der Waals surface area contributed by atoms with Crippen LogP contribution in [-0.4, -0.2) is 85.0 Å². The maximum atomic E-state index is 13.7. The number of ether oxygens (including phenoxy) is 2. The Bertz CT molecular complexity index is 2860. The third-order valence-electron chi connectivity index (χ3n) is 10.7. The van der Waals surface area contributed by atoms with Gasteiger partial charge in [0.1, 0.15) is 11.4 Å². The van der Waals surface area contributed by atoms with Crippen LogP contribution in [0.5, 0.6) is 11.5 Å². The molecule has 0 spiro atoms. The van der Waals surface area contributed by atoms with Gasteiger partial charge in [-0.05, 0) is 42.3 Å². The van der Waals surface area contributed by atoms with Crippen LogP contribution in [0.1, 0.15) is 70.8 Å². The summed E-state index contributed by atoms with van der Waals surface area (Å²) in [6, 6.07) is 15.5. The number of carbonyl (C=O) groups excluding carboxylic acids is 6. The van der Waals surface area contributed by atoms with Gasteiger partial charge in [0.05, 0.1) is 53.8 Å². The number of imidazole rings is 1. The third-order valence-corrected chi connectivity index (χ3v) is 10.7. The van der Waals surface area contributed by atoms with E-state index >= 15 is 0 Å². The van der Waals surface area contributed by atoms with Crippen LogP contribution in [0, 0.1) is 0 Å². The van der Waals surface area contributed by atoms with Gasteiger partial charge in [0.25, 0.3) is 23.6 Å². The molecule has 6 heterocycles. The zero-order chi connectivity index (χ0) is 44.5. The van der Waals surface area contributed by atoms with Crippen LogP contribution in [0.4, 0.5) is 34.3 Å². The van der Waals surface area contributed by atoms with E-state index in [0.29, 0.717) is 64.6 Å². The van der Waals surface area contributed by atoms with Gasteiger partial charge in [-0.15, -0.1) is 0 Å². The number of anilines is 5. The number of fused-ring (bicyclic) bond motifs is 4. The van der Waals surface area contributed by atoms with Gasteiger partial charge in [-0.1, -0.05) is 18.2 Å². The van der Waals surface area contributed by atoms with Crippen molar-refractivity contribution in [1.29, 1.82) is 0 Å². The molecular weight excluding hydrogens is 811 g/mol. The highest BCUT2D eigenvalue weighted by molar-refractivity contribution is 6.15. The molecule has 4 N–H and O–H groups in total. The molecule has 322 valence electrons. The number of aromatic nitrogens is 5. The molecule has 5 amide bonds. The van der Waals surface area contributed by atoms with E-state index in [1.165, 1.54) is 30.0 Å². The number of methoxy groups -OCH3 is 1. The second-order valence-corrected chi connectivity index (χ2v) is 15.1. The summed E-state index contributed by atoms with van der Waals surface area (Å²) >= 11 is 0. The molecule has 63 heavy (non-hydrogen) atoms. The molecule has 0 saturated heterocycles. The molecule has 2 aliphatic rings.